The van der Waals surface area contributed by atoms with Crippen molar-refractivity contribution in [3.05, 3.63) is 10.1 Å². The molecule has 1 atom stereocenters. The molecule has 0 aromatic rings. The lowest BCUT2D eigenvalue weighted by Crippen LogP contribution is -2.35. The van der Waals surface area contributed by atoms with Crippen LogP contribution in [0.25, 0.3) is 0 Å². The highest BCUT2D eigenvalue weighted by Crippen LogP contribution is 2.14. The Morgan fingerprint density at radius 2 is 2.67 bits per heavy atom. The Hall–Kier alpha value is -1.20. The zero-order valence-electron chi connectivity index (χ0n) is 4.28. The van der Waals surface area contributed by atoms with E-state index in [1.165, 1.54) is 0 Å². The first-order valence-corrected chi connectivity index (χ1v) is 2.15. The van der Waals surface area contributed by atoms with Gasteiger partial charge < -0.3 is 4.84 Å². The first kappa shape index (κ1) is 5.93. The Kier molecular flexibility index (Phi) is 1.08. The average molecular weight is 134 g/mol. The van der Waals surface area contributed by atoms with Gasteiger partial charge in [-0.2, -0.15) is 4.39 Å². The molecule has 0 aliphatic carbocycles. The van der Waals surface area contributed by atoms with Gasteiger partial charge in [-0.05, 0) is 0 Å². The third-order valence-electron chi connectivity index (χ3n) is 0.896. The van der Waals surface area contributed by atoms with E-state index in [9.17, 15) is 14.5 Å². The molecular weight excluding hydrogens is 131 g/mol. The van der Waals surface area contributed by atoms with Crippen LogP contribution in [0.15, 0.2) is 5.16 Å². The molecule has 5 nitrogen and oxygen atoms in total. The van der Waals surface area contributed by atoms with Crippen LogP contribution in [0.2, 0.25) is 0 Å². The Bertz CT molecular complexity index is 170. The molecule has 0 amide bonds. The molecule has 1 unspecified atom stereocenters. The second kappa shape index (κ2) is 1.64. The molecule has 0 spiro atoms. The second-order valence-electron chi connectivity index (χ2n) is 1.58. The number of alkyl halides is 1. The van der Waals surface area contributed by atoms with E-state index < -0.39 is 17.3 Å². The smallest absolute Gasteiger partial charge is 0.384 e. The fraction of sp³-hybridized carbons (Fsp3) is 0.667. The van der Waals surface area contributed by atoms with Gasteiger partial charge in [-0.3, -0.25) is 10.1 Å². The lowest BCUT2D eigenvalue weighted by atomic mass is 10.3. The maximum atomic E-state index is 12.5. The van der Waals surface area contributed by atoms with E-state index in [4.69, 9.17) is 0 Å². The molecule has 0 saturated carbocycles. The summed E-state index contributed by atoms with van der Waals surface area (Å²) in [6.45, 7) is -0.625. The van der Waals surface area contributed by atoms with Gasteiger partial charge in [0.2, 0.25) is 6.61 Å². The summed E-state index contributed by atoms with van der Waals surface area (Å²) >= 11 is 0. The molecule has 0 aromatic carbocycles. The highest BCUT2D eigenvalue weighted by Gasteiger charge is 2.46. The monoisotopic (exact) mass is 134 g/mol. The van der Waals surface area contributed by atoms with Crippen LogP contribution < -0.4 is 0 Å². The maximum Gasteiger partial charge on any atom is 0.433 e. The summed E-state index contributed by atoms with van der Waals surface area (Å²) in [6, 6.07) is 0. The topological polar surface area (TPSA) is 64.7 Å². The highest BCUT2D eigenvalue weighted by molar-refractivity contribution is 5.66. The predicted octanol–water partition coefficient (Wildman–Crippen LogP) is -0.0551. The molecule has 1 rings (SSSR count). The third kappa shape index (κ3) is 0.823. The van der Waals surface area contributed by atoms with Crippen molar-refractivity contribution >= 4 is 6.21 Å². The molecule has 9 heavy (non-hydrogen) atoms. The number of nitro groups is 1. The van der Waals surface area contributed by atoms with Gasteiger partial charge in [0.05, 0.1) is 4.92 Å². The van der Waals surface area contributed by atoms with Gasteiger partial charge in [0.15, 0.2) is 6.21 Å². The van der Waals surface area contributed by atoms with Crippen molar-refractivity contribution in [2.24, 2.45) is 5.16 Å². The van der Waals surface area contributed by atoms with E-state index in [1.54, 1.807) is 0 Å². The first-order valence-electron chi connectivity index (χ1n) is 2.15. The van der Waals surface area contributed by atoms with Crippen LogP contribution in [0, 0.1) is 10.1 Å². The summed E-state index contributed by atoms with van der Waals surface area (Å²) in [6.07, 6.45) is 0.535. The van der Waals surface area contributed by atoms with Crippen LogP contribution in [0.5, 0.6) is 0 Å². The normalized spacial score (nSPS) is 32.1. The number of nitrogens with zero attached hydrogens (tertiary/aromatic N) is 2. The van der Waals surface area contributed by atoms with Crippen LogP contribution in [0.3, 0.4) is 0 Å². The van der Waals surface area contributed by atoms with Crippen LogP contribution in [-0.4, -0.2) is 23.5 Å². The van der Waals surface area contributed by atoms with Crippen molar-refractivity contribution in [2.45, 2.75) is 5.79 Å². The minimum absolute atomic E-state index is 0.535. The van der Waals surface area contributed by atoms with Gasteiger partial charge in [-0.25, -0.2) is 0 Å². The molecular formula is C3H3FN2O3. The quantitative estimate of drug-likeness (QED) is 0.287. The van der Waals surface area contributed by atoms with Crippen molar-refractivity contribution in [3.63, 3.8) is 0 Å². The summed E-state index contributed by atoms with van der Waals surface area (Å²) in [5.41, 5.74) is 0. The van der Waals surface area contributed by atoms with E-state index in [-0.39, 0.29) is 0 Å². The van der Waals surface area contributed by atoms with Crippen molar-refractivity contribution in [2.75, 3.05) is 6.61 Å². The van der Waals surface area contributed by atoms with E-state index in [1.807, 2.05) is 0 Å². The molecule has 1 heterocycles. The van der Waals surface area contributed by atoms with Crippen molar-refractivity contribution in [3.8, 4) is 0 Å². The minimum atomic E-state index is -2.60. The van der Waals surface area contributed by atoms with Crippen LogP contribution in [-0.2, 0) is 4.84 Å². The lowest BCUT2D eigenvalue weighted by molar-refractivity contribution is -0.580. The Morgan fingerprint density at radius 3 is 2.89 bits per heavy atom. The van der Waals surface area contributed by atoms with Gasteiger partial charge >= 0.3 is 5.79 Å². The number of hydrogen-bond donors (Lipinski definition) is 0. The Labute approximate surface area is 49.2 Å². The molecule has 0 bridgehead atoms. The summed E-state index contributed by atoms with van der Waals surface area (Å²) in [5, 5.41) is 12.7. The summed E-state index contributed by atoms with van der Waals surface area (Å²) < 4.78 is 12.5. The average Bonchev–Trinajstić information content (AvgIpc) is 2.16. The van der Waals surface area contributed by atoms with Gasteiger partial charge in [-0.15, -0.1) is 0 Å². The molecule has 0 fully saturated rings. The molecule has 0 N–H and O–H groups in total. The number of hydrogen-bond acceptors (Lipinski definition) is 4. The van der Waals surface area contributed by atoms with Crippen molar-refractivity contribution < 1.29 is 14.2 Å². The molecule has 0 saturated heterocycles. The first-order chi connectivity index (χ1) is 4.15. The zero-order chi connectivity index (χ0) is 6.91. The summed E-state index contributed by atoms with van der Waals surface area (Å²) in [5.74, 6) is -2.60. The fourth-order valence-electron chi connectivity index (χ4n) is 0.383. The van der Waals surface area contributed by atoms with E-state index in [0.717, 1.165) is 0 Å². The third-order valence-corrected chi connectivity index (χ3v) is 0.896. The van der Waals surface area contributed by atoms with E-state index in [0.29, 0.717) is 6.21 Å². The van der Waals surface area contributed by atoms with Crippen LogP contribution >= 0.6 is 0 Å². The second-order valence-corrected chi connectivity index (χ2v) is 1.58. The molecule has 1 aliphatic rings. The number of oxime groups is 1. The Balaban J connectivity index is 2.74. The van der Waals surface area contributed by atoms with Crippen molar-refractivity contribution in [1.82, 2.24) is 0 Å². The standard InChI is InChI=1S/C3H3FN2O3/c4-3(6(7)8)1-5-9-2-3/h1H,2H2. The van der Waals surface area contributed by atoms with E-state index in [2.05, 4.69) is 9.99 Å². The minimum Gasteiger partial charge on any atom is -0.384 e. The Morgan fingerprint density at radius 1 is 2.00 bits per heavy atom. The summed E-state index contributed by atoms with van der Waals surface area (Å²) in [4.78, 5) is 12.8. The molecule has 0 radical (unpaired) electrons. The SMILES string of the molecule is O=[N+]([O-])C1(F)C=NOC1. The summed E-state index contributed by atoms with van der Waals surface area (Å²) in [7, 11) is 0. The van der Waals surface area contributed by atoms with E-state index >= 15 is 0 Å². The predicted molar refractivity (Wildman–Crippen MR) is 25.3 cm³/mol. The molecule has 6 heteroatoms. The van der Waals surface area contributed by atoms with Gasteiger partial charge in [-0.1, -0.05) is 5.16 Å². The fourth-order valence-corrected chi connectivity index (χ4v) is 0.383. The zero-order valence-corrected chi connectivity index (χ0v) is 4.28. The molecule has 0 aromatic heterocycles. The number of halogens is 1. The van der Waals surface area contributed by atoms with Gasteiger partial charge in [0.25, 0.3) is 0 Å². The van der Waals surface area contributed by atoms with Crippen LogP contribution in [0.4, 0.5) is 4.39 Å². The molecule has 1 aliphatic heterocycles. The maximum absolute atomic E-state index is 12.5. The van der Waals surface area contributed by atoms with Gasteiger partial charge in [0.1, 0.15) is 0 Å². The van der Waals surface area contributed by atoms with Gasteiger partial charge in [0, 0.05) is 0 Å². The highest BCUT2D eigenvalue weighted by atomic mass is 19.1. The van der Waals surface area contributed by atoms with Crippen molar-refractivity contribution in [1.29, 1.82) is 0 Å². The van der Waals surface area contributed by atoms with Crippen LogP contribution in [0.1, 0.15) is 0 Å². The largest absolute Gasteiger partial charge is 0.433 e. The molecule has 50 valence electrons. The lowest BCUT2D eigenvalue weighted by Gasteiger charge is -2.01. The number of rotatable bonds is 1.